The number of rotatable bonds is 9. The summed E-state index contributed by atoms with van der Waals surface area (Å²) in [7, 11) is -2.77. The number of nitrogens with one attached hydrogen (secondary N) is 3. The molecule has 6 aromatic rings. The Bertz CT molecular complexity index is 2760. The zero-order chi connectivity index (χ0) is 38.6. The third-order valence-corrected chi connectivity index (χ3v) is 10.8. The van der Waals surface area contributed by atoms with Crippen molar-refractivity contribution in [2.45, 2.75) is 32.0 Å². The zero-order valence-corrected chi connectivity index (χ0v) is 29.8. The monoisotopic (exact) mass is 766 g/mol. The van der Waals surface area contributed by atoms with Crippen LogP contribution in [0, 0.1) is 5.82 Å². The molecule has 4 aromatic carbocycles. The third-order valence-electron chi connectivity index (χ3n) is 9.46. The van der Waals surface area contributed by atoms with Gasteiger partial charge in [-0.2, -0.15) is 13.5 Å². The molecule has 1 unspecified atom stereocenters. The van der Waals surface area contributed by atoms with E-state index in [1.165, 1.54) is 38.1 Å². The van der Waals surface area contributed by atoms with Crippen LogP contribution in [-0.2, 0) is 49.6 Å². The molecule has 2 aromatic heterocycles. The molecule has 8 rings (SSSR count). The molecule has 280 valence electrons. The normalized spacial score (nSPS) is 16.7. The predicted octanol–water partition coefficient (Wildman–Crippen LogP) is 2.87. The van der Waals surface area contributed by atoms with Crippen molar-refractivity contribution < 1.29 is 36.7 Å². The fourth-order valence-electron chi connectivity index (χ4n) is 6.83. The maximum absolute atomic E-state index is 16.2. The Labute approximate surface area is 311 Å². The molecule has 0 spiro atoms. The highest BCUT2D eigenvalue weighted by Crippen LogP contribution is 2.40. The predicted molar refractivity (Wildman–Crippen MR) is 198 cm³/mol. The first-order chi connectivity index (χ1) is 26.4. The number of carbonyl (C=O) groups is 4. The van der Waals surface area contributed by atoms with Crippen molar-refractivity contribution in [3.8, 4) is 17.0 Å². The topological polar surface area (TPSA) is 196 Å². The van der Waals surface area contributed by atoms with E-state index in [4.69, 9.17) is 4.74 Å². The smallest absolute Gasteiger partial charge is 0.329 e. The molecule has 18 heteroatoms. The molecule has 1 atom stereocenters. The van der Waals surface area contributed by atoms with Gasteiger partial charge in [0.15, 0.2) is 5.82 Å². The van der Waals surface area contributed by atoms with Crippen LogP contribution in [0.15, 0.2) is 89.9 Å². The van der Waals surface area contributed by atoms with E-state index in [2.05, 4.69) is 15.7 Å². The lowest BCUT2D eigenvalue weighted by Gasteiger charge is -2.21. The highest BCUT2D eigenvalue weighted by atomic mass is 32.2. The fraction of sp³-hybridized carbons (Fsp3) is 0.189. The molecular formula is C37H31FN8O8S. The summed E-state index contributed by atoms with van der Waals surface area (Å²) in [4.78, 5) is 62.6. The van der Waals surface area contributed by atoms with Gasteiger partial charge in [-0.05, 0) is 59.8 Å². The van der Waals surface area contributed by atoms with Crippen LogP contribution < -0.4 is 30.1 Å². The van der Waals surface area contributed by atoms with Gasteiger partial charge in [0, 0.05) is 36.3 Å². The summed E-state index contributed by atoms with van der Waals surface area (Å²) < 4.78 is 54.3. The number of nitrogens with zero attached hydrogens (tertiary/aromatic N) is 5. The number of anilines is 2. The average molecular weight is 767 g/mol. The van der Waals surface area contributed by atoms with E-state index in [1.807, 2.05) is 10.8 Å². The number of aromatic nitrogens is 4. The lowest BCUT2D eigenvalue weighted by Crippen LogP contribution is -2.44. The molecule has 4 amide bonds. The van der Waals surface area contributed by atoms with Gasteiger partial charge in [-0.3, -0.25) is 38.3 Å². The van der Waals surface area contributed by atoms with Crippen molar-refractivity contribution in [2.75, 3.05) is 16.2 Å². The van der Waals surface area contributed by atoms with Crippen LogP contribution in [-0.4, -0.2) is 57.5 Å². The van der Waals surface area contributed by atoms with Crippen molar-refractivity contribution in [3.05, 3.63) is 107 Å². The quantitative estimate of drug-likeness (QED) is 0.186. The standard InChI is InChI=1S/C37H31FN8O8S/c1-43-29-16-22(7-10-27(29)46(37(43)51)28-11-12-31(47)40-36(28)50)26-13-14-44(41-26)18-32(48)39-24-8-9-25-23(15-24)17-30(54-20-21-5-3-2-4-6-21)35(34(25)38)45-19-33(49)42-55(45,52)53/h2-10,13-17,28H,11-12,18-20H2,1H3,(H,39,48)(H,42,49)(H,40,47,50). The van der Waals surface area contributed by atoms with Gasteiger partial charge >= 0.3 is 15.9 Å². The van der Waals surface area contributed by atoms with Crippen molar-refractivity contribution in [2.24, 2.45) is 7.05 Å². The molecule has 16 nitrogen and oxygen atoms in total. The second-order valence-corrected chi connectivity index (χ2v) is 14.7. The first kappa shape index (κ1) is 35.2. The number of halogens is 1. The van der Waals surface area contributed by atoms with E-state index in [9.17, 15) is 32.4 Å². The number of amides is 4. The summed E-state index contributed by atoms with van der Waals surface area (Å²) >= 11 is 0. The molecule has 55 heavy (non-hydrogen) atoms. The zero-order valence-electron chi connectivity index (χ0n) is 29.0. The number of aryl methyl sites for hydroxylation is 1. The van der Waals surface area contributed by atoms with E-state index in [0.717, 1.165) is 5.56 Å². The largest absolute Gasteiger partial charge is 0.487 e. The number of carbonyl (C=O) groups excluding carboxylic acids is 4. The highest BCUT2D eigenvalue weighted by molar-refractivity contribution is 7.92. The second-order valence-electron chi connectivity index (χ2n) is 13.1. The Morgan fingerprint density at radius 3 is 2.53 bits per heavy atom. The van der Waals surface area contributed by atoms with Crippen molar-refractivity contribution in [1.29, 1.82) is 0 Å². The van der Waals surface area contributed by atoms with Gasteiger partial charge in [0.2, 0.25) is 17.7 Å². The Morgan fingerprint density at radius 2 is 1.78 bits per heavy atom. The number of hydrogen-bond acceptors (Lipinski definition) is 9. The van der Waals surface area contributed by atoms with E-state index >= 15 is 4.39 Å². The minimum absolute atomic E-state index is 0.0164. The lowest BCUT2D eigenvalue weighted by molar-refractivity contribution is -0.135. The van der Waals surface area contributed by atoms with Gasteiger partial charge in [-0.25, -0.2) is 18.2 Å². The Hall–Kier alpha value is -6.82. The molecule has 2 aliphatic rings. The number of fused-ring (bicyclic) bond motifs is 2. The van der Waals surface area contributed by atoms with Crippen LogP contribution in [0.5, 0.6) is 5.75 Å². The minimum Gasteiger partial charge on any atom is -0.487 e. The van der Waals surface area contributed by atoms with E-state index in [-0.39, 0.29) is 43.0 Å². The number of piperidine rings is 1. The minimum atomic E-state index is -4.36. The van der Waals surface area contributed by atoms with Crippen LogP contribution in [0.25, 0.3) is 33.1 Å². The SMILES string of the molecule is Cn1c(=O)n(C2CCC(=O)NC2=O)c2ccc(-c3ccn(CC(=O)Nc4ccc5c(F)c(N6CC(=O)NS6(=O)=O)c(OCc6ccccc6)cc5c4)n3)cc21. The Morgan fingerprint density at radius 1 is 0.982 bits per heavy atom. The number of imidazole rings is 1. The van der Waals surface area contributed by atoms with Gasteiger partial charge in [-0.15, -0.1) is 0 Å². The number of ether oxygens (including phenoxy) is 1. The summed E-state index contributed by atoms with van der Waals surface area (Å²) in [6, 6.07) is 20.9. The van der Waals surface area contributed by atoms with E-state index in [1.54, 1.807) is 61.8 Å². The number of imide groups is 1. The Balaban J connectivity index is 1.02. The number of hydrogen-bond donors (Lipinski definition) is 3. The van der Waals surface area contributed by atoms with Gasteiger partial charge in [0.1, 0.15) is 37.2 Å². The van der Waals surface area contributed by atoms with Gasteiger partial charge < -0.3 is 10.1 Å². The molecule has 2 fully saturated rings. The summed E-state index contributed by atoms with van der Waals surface area (Å²) in [5, 5.41) is 9.94. The third kappa shape index (κ3) is 6.56. The van der Waals surface area contributed by atoms with Crippen LogP contribution in [0.1, 0.15) is 24.4 Å². The molecule has 0 radical (unpaired) electrons. The molecule has 4 heterocycles. The summed E-state index contributed by atoms with van der Waals surface area (Å²) in [5.41, 5.74) is 2.51. The molecule has 0 saturated carbocycles. The van der Waals surface area contributed by atoms with Crippen molar-refractivity contribution in [3.63, 3.8) is 0 Å². The van der Waals surface area contributed by atoms with Crippen LogP contribution in [0.3, 0.4) is 0 Å². The van der Waals surface area contributed by atoms with Gasteiger partial charge in [0.25, 0.3) is 5.91 Å². The molecule has 2 saturated heterocycles. The van der Waals surface area contributed by atoms with Crippen LogP contribution in [0.2, 0.25) is 0 Å². The van der Waals surface area contributed by atoms with Crippen LogP contribution >= 0.6 is 0 Å². The molecule has 0 bridgehead atoms. The first-order valence-electron chi connectivity index (χ1n) is 17.0. The molecule has 0 aliphatic carbocycles. The van der Waals surface area contributed by atoms with Crippen LogP contribution in [0.4, 0.5) is 15.8 Å². The van der Waals surface area contributed by atoms with Gasteiger partial charge in [-0.1, -0.05) is 36.4 Å². The number of benzene rings is 4. The fourth-order valence-corrected chi connectivity index (χ4v) is 7.99. The highest BCUT2D eigenvalue weighted by Gasteiger charge is 2.38. The average Bonchev–Trinajstić information content (AvgIpc) is 3.80. The lowest BCUT2D eigenvalue weighted by atomic mass is 10.1. The van der Waals surface area contributed by atoms with Crippen molar-refractivity contribution >= 4 is 67.0 Å². The van der Waals surface area contributed by atoms with E-state index in [0.29, 0.717) is 37.7 Å². The Kier molecular flexibility index (Phi) is 8.68. The summed E-state index contributed by atoms with van der Waals surface area (Å²) in [6.45, 7) is -0.823. The summed E-state index contributed by atoms with van der Waals surface area (Å²) in [5.74, 6) is -3.20. The first-order valence-corrected chi connectivity index (χ1v) is 18.4. The van der Waals surface area contributed by atoms with Crippen molar-refractivity contribution in [1.82, 2.24) is 29.0 Å². The maximum Gasteiger partial charge on any atom is 0.329 e. The second kappa shape index (κ2) is 13.5. The molecule has 2 aliphatic heterocycles. The maximum atomic E-state index is 16.2. The molecular weight excluding hydrogens is 736 g/mol. The van der Waals surface area contributed by atoms with E-state index < -0.39 is 57.7 Å². The summed E-state index contributed by atoms with van der Waals surface area (Å²) in [6.07, 6.45) is 1.96. The van der Waals surface area contributed by atoms with Gasteiger partial charge in [0.05, 0.1) is 16.7 Å². The molecule has 3 N–H and O–H groups in total.